The van der Waals surface area contributed by atoms with E-state index in [0.717, 1.165) is 44.5 Å². The third-order valence-corrected chi connectivity index (χ3v) is 4.98. The summed E-state index contributed by atoms with van der Waals surface area (Å²) in [5, 5.41) is 10.9. The van der Waals surface area contributed by atoms with Crippen molar-refractivity contribution in [1.29, 1.82) is 0 Å². The van der Waals surface area contributed by atoms with E-state index in [0.29, 0.717) is 6.10 Å². The summed E-state index contributed by atoms with van der Waals surface area (Å²) in [4.78, 5) is 2.59. The lowest BCUT2D eigenvalue weighted by Crippen LogP contribution is -2.47. The molecule has 1 aromatic carbocycles. The average molecular weight is 326 g/mol. The van der Waals surface area contributed by atoms with Crippen LogP contribution in [0.5, 0.6) is 0 Å². The molecule has 2 aliphatic rings. The molecule has 1 aliphatic heterocycles. The molecule has 5 heteroatoms. The monoisotopic (exact) mass is 326 g/mol. The minimum Gasteiger partial charge on any atom is -0.374 e. The summed E-state index contributed by atoms with van der Waals surface area (Å²) in [6, 6.07) is 9.39. The van der Waals surface area contributed by atoms with Crippen LogP contribution in [0.1, 0.15) is 24.0 Å². The van der Waals surface area contributed by atoms with E-state index in [4.69, 9.17) is 4.74 Å². The minimum atomic E-state index is 0.300. The predicted octanol–water partition coefficient (Wildman–Crippen LogP) is 2.34. The van der Waals surface area contributed by atoms with Gasteiger partial charge in [-0.05, 0) is 25.3 Å². The molecular weight excluding hydrogens is 300 g/mol. The fourth-order valence-corrected chi connectivity index (χ4v) is 3.42. The number of ether oxygens (including phenoxy) is 1. The first-order valence-corrected chi connectivity index (χ1v) is 8.95. The summed E-state index contributed by atoms with van der Waals surface area (Å²) in [5.41, 5.74) is 4.76. The van der Waals surface area contributed by atoms with Gasteiger partial charge in [0, 0.05) is 37.8 Å². The highest BCUT2D eigenvalue weighted by Crippen LogP contribution is 2.28. The smallest absolute Gasteiger partial charge is 0.0826 e. The Morgan fingerprint density at radius 2 is 2.12 bits per heavy atom. The van der Waals surface area contributed by atoms with Gasteiger partial charge in [0.15, 0.2) is 0 Å². The van der Waals surface area contributed by atoms with E-state index < -0.39 is 0 Å². The van der Waals surface area contributed by atoms with Gasteiger partial charge >= 0.3 is 0 Å². The van der Waals surface area contributed by atoms with Gasteiger partial charge in [-0.15, -0.1) is 0 Å². The van der Waals surface area contributed by atoms with Crippen molar-refractivity contribution in [3.63, 3.8) is 0 Å². The summed E-state index contributed by atoms with van der Waals surface area (Å²) in [6.45, 7) is 6.83. The highest BCUT2D eigenvalue weighted by atomic mass is 16.5. The normalized spacial score (nSPS) is 22.0. The second kappa shape index (κ2) is 7.05. The lowest BCUT2D eigenvalue weighted by atomic mass is 10.1. The number of rotatable bonds is 6. The predicted molar refractivity (Wildman–Crippen MR) is 94.8 cm³/mol. The summed E-state index contributed by atoms with van der Waals surface area (Å²) in [5.74, 6) is 0. The van der Waals surface area contributed by atoms with Crippen molar-refractivity contribution in [2.75, 3.05) is 26.2 Å². The molecule has 1 aliphatic carbocycles. The number of aryl methyl sites for hydroxylation is 1. The largest absolute Gasteiger partial charge is 0.374 e. The lowest BCUT2D eigenvalue weighted by molar-refractivity contribution is -0.0301. The molecule has 0 spiro atoms. The van der Waals surface area contributed by atoms with Crippen LogP contribution in [0.15, 0.2) is 30.5 Å². The summed E-state index contributed by atoms with van der Waals surface area (Å²) in [6.07, 6.45) is 4.96. The minimum absolute atomic E-state index is 0.300. The van der Waals surface area contributed by atoms with E-state index in [1.165, 1.54) is 29.5 Å². The molecule has 1 aromatic heterocycles. The second-order valence-electron chi connectivity index (χ2n) is 6.99. The average Bonchev–Trinajstić information content (AvgIpc) is 3.36. The fraction of sp³-hybridized carbons (Fsp3) is 0.526. The van der Waals surface area contributed by atoms with E-state index in [1.807, 2.05) is 6.20 Å². The maximum absolute atomic E-state index is 5.91. The number of benzene rings is 1. The fourth-order valence-electron chi connectivity index (χ4n) is 3.42. The SMILES string of the molecule is Cc1ccc(-c2[nH]ncc2CNC[C@H]2CN(C3CC3)CCO2)cc1. The molecule has 4 rings (SSSR count). The maximum atomic E-state index is 5.91. The molecule has 24 heavy (non-hydrogen) atoms. The zero-order valence-electron chi connectivity index (χ0n) is 14.3. The third kappa shape index (κ3) is 3.69. The number of nitrogens with one attached hydrogen (secondary N) is 2. The second-order valence-corrected chi connectivity index (χ2v) is 6.99. The molecule has 5 nitrogen and oxygen atoms in total. The van der Waals surface area contributed by atoms with Crippen molar-refractivity contribution < 1.29 is 4.74 Å². The maximum Gasteiger partial charge on any atom is 0.0826 e. The Hall–Kier alpha value is -1.69. The topological polar surface area (TPSA) is 53.2 Å². The Balaban J connectivity index is 1.32. The Bertz CT molecular complexity index is 662. The number of aromatic nitrogens is 2. The van der Waals surface area contributed by atoms with Gasteiger partial charge in [-0.25, -0.2) is 0 Å². The Morgan fingerprint density at radius 3 is 2.92 bits per heavy atom. The number of hydrogen-bond acceptors (Lipinski definition) is 4. The molecule has 2 fully saturated rings. The van der Waals surface area contributed by atoms with Crippen LogP contribution in [0.3, 0.4) is 0 Å². The zero-order valence-corrected chi connectivity index (χ0v) is 14.3. The van der Waals surface area contributed by atoms with Crippen LogP contribution in [-0.2, 0) is 11.3 Å². The number of nitrogens with zero attached hydrogens (tertiary/aromatic N) is 2. The molecule has 2 heterocycles. The Kier molecular flexibility index (Phi) is 4.65. The van der Waals surface area contributed by atoms with E-state index in [-0.39, 0.29) is 0 Å². The molecule has 1 atom stereocenters. The van der Waals surface area contributed by atoms with E-state index in [9.17, 15) is 0 Å². The van der Waals surface area contributed by atoms with Gasteiger partial charge in [0.05, 0.1) is 24.6 Å². The van der Waals surface area contributed by atoms with Gasteiger partial charge < -0.3 is 10.1 Å². The summed E-state index contributed by atoms with van der Waals surface area (Å²) in [7, 11) is 0. The van der Waals surface area contributed by atoms with Gasteiger partial charge in [0.25, 0.3) is 0 Å². The van der Waals surface area contributed by atoms with Gasteiger partial charge in [-0.1, -0.05) is 29.8 Å². The number of morpholine rings is 1. The van der Waals surface area contributed by atoms with Gasteiger partial charge in [0.1, 0.15) is 0 Å². The number of aromatic amines is 1. The zero-order chi connectivity index (χ0) is 16.4. The standard InChI is InChI=1S/C19H26N4O/c1-14-2-4-15(5-3-14)19-16(11-21-22-19)10-20-12-18-13-23(8-9-24-18)17-6-7-17/h2-5,11,17-18,20H,6-10,12-13H2,1H3,(H,21,22)/t18-/m0/s1. The van der Waals surface area contributed by atoms with Crippen molar-refractivity contribution in [3.8, 4) is 11.3 Å². The molecule has 128 valence electrons. The summed E-state index contributed by atoms with van der Waals surface area (Å²) >= 11 is 0. The quantitative estimate of drug-likeness (QED) is 0.855. The van der Waals surface area contributed by atoms with Crippen molar-refractivity contribution in [3.05, 3.63) is 41.6 Å². The van der Waals surface area contributed by atoms with E-state index in [2.05, 4.69) is 51.6 Å². The molecule has 1 saturated heterocycles. The van der Waals surface area contributed by atoms with Crippen molar-refractivity contribution in [1.82, 2.24) is 20.4 Å². The van der Waals surface area contributed by atoms with Crippen molar-refractivity contribution >= 4 is 0 Å². The van der Waals surface area contributed by atoms with Crippen LogP contribution >= 0.6 is 0 Å². The first-order valence-electron chi connectivity index (χ1n) is 8.95. The lowest BCUT2D eigenvalue weighted by Gasteiger charge is -2.33. The first-order chi connectivity index (χ1) is 11.8. The van der Waals surface area contributed by atoms with Crippen molar-refractivity contribution in [2.24, 2.45) is 0 Å². The van der Waals surface area contributed by atoms with Crippen LogP contribution < -0.4 is 5.32 Å². The molecule has 1 saturated carbocycles. The molecule has 0 unspecified atom stereocenters. The van der Waals surface area contributed by atoms with Gasteiger partial charge in [-0.3, -0.25) is 10.00 Å². The highest BCUT2D eigenvalue weighted by Gasteiger charge is 2.32. The summed E-state index contributed by atoms with van der Waals surface area (Å²) < 4.78 is 5.91. The first kappa shape index (κ1) is 15.8. The molecule has 2 N–H and O–H groups in total. The Labute approximate surface area is 143 Å². The molecule has 2 aromatic rings. The van der Waals surface area contributed by atoms with Crippen LogP contribution in [0.25, 0.3) is 11.3 Å². The third-order valence-electron chi connectivity index (χ3n) is 4.98. The van der Waals surface area contributed by atoms with Gasteiger partial charge in [-0.2, -0.15) is 5.10 Å². The van der Waals surface area contributed by atoms with Crippen molar-refractivity contribution in [2.45, 2.75) is 38.5 Å². The van der Waals surface area contributed by atoms with E-state index >= 15 is 0 Å². The van der Waals surface area contributed by atoms with Crippen LogP contribution in [-0.4, -0.2) is 53.5 Å². The molecule has 0 radical (unpaired) electrons. The number of hydrogen-bond donors (Lipinski definition) is 2. The van der Waals surface area contributed by atoms with Gasteiger partial charge in [0.2, 0.25) is 0 Å². The highest BCUT2D eigenvalue weighted by molar-refractivity contribution is 5.62. The number of H-pyrrole nitrogens is 1. The van der Waals surface area contributed by atoms with E-state index in [1.54, 1.807) is 0 Å². The van der Waals surface area contributed by atoms with Crippen LogP contribution in [0, 0.1) is 6.92 Å². The molecule has 0 amide bonds. The molecule has 0 bridgehead atoms. The van der Waals surface area contributed by atoms with Crippen LogP contribution in [0.2, 0.25) is 0 Å². The molecular formula is C19H26N4O. The Morgan fingerprint density at radius 1 is 1.29 bits per heavy atom. The van der Waals surface area contributed by atoms with Crippen LogP contribution in [0.4, 0.5) is 0 Å².